The van der Waals surface area contributed by atoms with Gasteiger partial charge in [-0.25, -0.2) is 9.97 Å². The zero-order valence-electron chi connectivity index (χ0n) is 12.2. The van der Waals surface area contributed by atoms with Gasteiger partial charge in [0.25, 0.3) is 0 Å². The highest BCUT2D eigenvalue weighted by molar-refractivity contribution is 9.10. The Morgan fingerprint density at radius 1 is 1.05 bits per heavy atom. The van der Waals surface area contributed by atoms with E-state index in [4.69, 9.17) is 9.97 Å². The van der Waals surface area contributed by atoms with E-state index in [9.17, 15) is 0 Å². The van der Waals surface area contributed by atoms with Crippen molar-refractivity contribution in [3.63, 3.8) is 0 Å². The fraction of sp³-hybridized carbons (Fsp3) is 0.750. The summed E-state index contributed by atoms with van der Waals surface area (Å²) < 4.78 is 1.01. The summed E-state index contributed by atoms with van der Waals surface area (Å²) in [4.78, 5) is 9.75. The van der Waals surface area contributed by atoms with Crippen LogP contribution in [0.15, 0.2) is 4.47 Å². The third kappa shape index (κ3) is 1.83. The van der Waals surface area contributed by atoms with Crippen LogP contribution in [-0.2, 0) is 5.41 Å². The molecule has 5 rings (SSSR count). The van der Waals surface area contributed by atoms with E-state index < -0.39 is 0 Å². The largest absolute Gasteiger partial charge is 0.372 e. The van der Waals surface area contributed by atoms with Crippen LogP contribution in [0.1, 0.15) is 50.0 Å². The second-order valence-electron chi connectivity index (χ2n) is 7.24. The van der Waals surface area contributed by atoms with Crippen LogP contribution >= 0.6 is 15.9 Å². The number of anilines is 1. The van der Waals surface area contributed by atoms with E-state index in [2.05, 4.69) is 28.2 Å². The van der Waals surface area contributed by atoms with Crippen LogP contribution in [0.2, 0.25) is 0 Å². The first-order valence-corrected chi connectivity index (χ1v) is 8.61. The van der Waals surface area contributed by atoms with Gasteiger partial charge >= 0.3 is 0 Å². The van der Waals surface area contributed by atoms with Gasteiger partial charge in [0, 0.05) is 12.5 Å². The second-order valence-corrected chi connectivity index (χ2v) is 8.04. The van der Waals surface area contributed by atoms with E-state index in [1.807, 2.05) is 7.05 Å². The Morgan fingerprint density at radius 2 is 1.60 bits per heavy atom. The molecule has 0 atom stereocenters. The van der Waals surface area contributed by atoms with Gasteiger partial charge < -0.3 is 5.32 Å². The summed E-state index contributed by atoms with van der Waals surface area (Å²) in [5.74, 6) is 4.87. The zero-order valence-corrected chi connectivity index (χ0v) is 13.8. The molecule has 1 N–H and O–H groups in total. The number of nitrogens with zero attached hydrogens (tertiary/aromatic N) is 2. The normalized spacial score (nSPS) is 38.2. The van der Waals surface area contributed by atoms with Gasteiger partial charge in [-0.3, -0.25) is 0 Å². The maximum atomic E-state index is 4.87. The first kappa shape index (κ1) is 13.1. The third-order valence-electron chi connectivity index (χ3n) is 5.77. The Hall–Kier alpha value is -0.640. The minimum atomic E-state index is 0.284. The first-order valence-electron chi connectivity index (χ1n) is 7.82. The summed E-state index contributed by atoms with van der Waals surface area (Å²) in [5.41, 5.74) is 1.35. The lowest BCUT2D eigenvalue weighted by Gasteiger charge is -2.56. The van der Waals surface area contributed by atoms with Crippen molar-refractivity contribution in [2.75, 3.05) is 12.4 Å². The van der Waals surface area contributed by atoms with Crippen LogP contribution in [0.25, 0.3) is 0 Å². The number of aryl methyl sites for hydroxylation is 1. The lowest BCUT2D eigenvalue weighted by Crippen LogP contribution is -2.49. The van der Waals surface area contributed by atoms with Crippen molar-refractivity contribution in [1.82, 2.24) is 9.97 Å². The molecule has 3 nitrogen and oxygen atoms in total. The van der Waals surface area contributed by atoms with Crippen molar-refractivity contribution < 1.29 is 0 Å². The average molecular weight is 336 g/mol. The van der Waals surface area contributed by atoms with E-state index in [1.54, 1.807) is 0 Å². The molecule has 4 aliphatic rings. The molecule has 4 fully saturated rings. The van der Waals surface area contributed by atoms with E-state index in [1.165, 1.54) is 38.5 Å². The quantitative estimate of drug-likeness (QED) is 0.885. The number of nitrogens with one attached hydrogen (secondary N) is 1. The van der Waals surface area contributed by atoms with Gasteiger partial charge in [0.15, 0.2) is 0 Å². The fourth-order valence-corrected chi connectivity index (χ4v) is 5.72. The predicted molar refractivity (Wildman–Crippen MR) is 83.9 cm³/mol. The van der Waals surface area contributed by atoms with Gasteiger partial charge in [0.1, 0.15) is 11.6 Å². The monoisotopic (exact) mass is 335 g/mol. The fourth-order valence-electron chi connectivity index (χ4n) is 5.35. The molecule has 1 aromatic heterocycles. The van der Waals surface area contributed by atoms with Crippen molar-refractivity contribution in [2.45, 2.75) is 50.9 Å². The van der Waals surface area contributed by atoms with Crippen molar-refractivity contribution in [3.05, 3.63) is 16.0 Å². The summed E-state index contributed by atoms with van der Waals surface area (Å²) in [6.45, 7) is 2.08. The van der Waals surface area contributed by atoms with E-state index in [-0.39, 0.29) is 5.41 Å². The van der Waals surface area contributed by atoms with Crippen LogP contribution in [0.3, 0.4) is 0 Å². The molecule has 0 radical (unpaired) electrons. The summed E-state index contributed by atoms with van der Waals surface area (Å²) in [6, 6.07) is 0. The molecule has 4 heteroatoms. The third-order valence-corrected chi connectivity index (χ3v) is 6.72. The Bertz CT molecular complexity index is 520. The zero-order chi connectivity index (χ0) is 13.9. The first-order chi connectivity index (χ1) is 9.59. The van der Waals surface area contributed by atoms with Gasteiger partial charge in [-0.2, -0.15) is 0 Å². The lowest BCUT2D eigenvalue weighted by atomic mass is 9.49. The molecule has 108 valence electrons. The number of hydrogen-bond donors (Lipinski definition) is 1. The molecule has 0 saturated heterocycles. The number of halogens is 1. The van der Waals surface area contributed by atoms with Crippen molar-refractivity contribution in [2.24, 2.45) is 17.8 Å². The number of rotatable bonds is 2. The van der Waals surface area contributed by atoms with Gasteiger partial charge in [-0.1, -0.05) is 0 Å². The maximum Gasteiger partial charge on any atom is 0.144 e. The summed E-state index contributed by atoms with van der Waals surface area (Å²) in [7, 11) is 1.94. The topological polar surface area (TPSA) is 37.8 Å². The lowest BCUT2D eigenvalue weighted by molar-refractivity contribution is -0.00942. The molecule has 0 aliphatic heterocycles. The van der Waals surface area contributed by atoms with Gasteiger partial charge in [-0.15, -0.1) is 0 Å². The molecule has 0 unspecified atom stereocenters. The maximum absolute atomic E-state index is 4.87. The molecular formula is C16H22BrN3. The van der Waals surface area contributed by atoms with Crippen LogP contribution in [0.5, 0.6) is 0 Å². The Labute approximate surface area is 129 Å². The molecule has 0 aromatic carbocycles. The van der Waals surface area contributed by atoms with Crippen LogP contribution in [0.4, 0.5) is 5.82 Å². The molecule has 0 spiro atoms. The molecule has 20 heavy (non-hydrogen) atoms. The van der Waals surface area contributed by atoms with Gasteiger partial charge in [0.2, 0.25) is 0 Å². The highest BCUT2D eigenvalue weighted by Crippen LogP contribution is 2.60. The Kier molecular flexibility index (Phi) is 2.89. The highest BCUT2D eigenvalue weighted by Gasteiger charge is 2.53. The highest BCUT2D eigenvalue weighted by atomic mass is 79.9. The Balaban J connectivity index is 1.79. The minimum absolute atomic E-state index is 0.284. The van der Waals surface area contributed by atoms with Gasteiger partial charge in [0.05, 0.1) is 10.2 Å². The molecule has 1 heterocycles. The molecule has 4 saturated carbocycles. The summed E-state index contributed by atoms with van der Waals surface area (Å²) in [6.07, 6.45) is 8.37. The van der Waals surface area contributed by atoms with Gasteiger partial charge in [-0.05, 0) is 79.1 Å². The van der Waals surface area contributed by atoms with E-state index in [0.717, 1.165) is 39.6 Å². The molecule has 1 aromatic rings. The van der Waals surface area contributed by atoms with E-state index in [0.29, 0.717) is 0 Å². The summed E-state index contributed by atoms with van der Waals surface area (Å²) in [5, 5.41) is 3.21. The average Bonchev–Trinajstić information content (AvgIpc) is 2.40. The number of aromatic nitrogens is 2. The van der Waals surface area contributed by atoms with Crippen LogP contribution in [0, 0.1) is 24.7 Å². The smallest absolute Gasteiger partial charge is 0.144 e. The minimum Gasteiger partial charge on any atom is -0.372 e. The summed E-state index contributed by atoms with van der Waals surface area (Å²) >= 11 is 3.60. The molecule has 0 amide bonds. The van der Waals surface area contributed by atoms with Crippen molar-refractivity contribution in [3.8, 4) is 0 Å². The van der Waals surface area contributed by atoms with Crippen molar-refractivity contribution >= 4 is 21.7 Å². The molecular weight excluding hydrogens is 314 g/mol. The van der Waals surface area contributed by atoms with Crippen LogP contribution < -0.4 is 5.32 Å². The van der Waals surface area contributed by atoms with E-state index >= 15 is 0 Å². The Morgan fingerprint density at radius 3 is 2.10 bits per heavy atom. The second kappa shape index (κ2) is 4.43. The SMILES string of the molecule is CNc1nc(C23CC4CC(CC(C4)C2)C3)nc(C)c1Br. The standard InChI is InChI=1S/C16H22BrN3/c1-9-13(17)14(18-2)20-15(19-9)16-6-10-3-11(7-16)5-12(4-10)8-16/h10-12H,3-8H2,1-2H3,(H,18,19,20). The number of hydrogen-bond acceptors (Lipinski definition) is 3. The van der Waals surface area contributed by atoms with Crippen LogP contribution in [-0.4, -0.2) is 17.0 Å². The molecule has 4 aliphatic carbocycles. The van der Waals surface area contributed by atoms with Crippen molar-refractivity contribution in [1.29, 1.82) is 0 Å². The molecule has 4 bridgehead atoms. The predicted octanol–water partition coefficient (Wildman–Crippen LogP) is 4.06.